The Morgan fingerprint density at radius 3 is 2.25 bits per heavy atom. The van der Waals surface area contributed by atoms with Gasteiger partial charge in [-0.15, -0.1) is 11.6 Å². The molecule has 2 atom stereocenters. The maximum absolute atomic E-state index is 5.99. The van der Waals surface area contributed by atoms with Crippen LogP contribution >= 0.6 is 11.6 Å². The zero-order chi connectivity index (χ0) is 9.78. The van der Waals surface area contributed by atoms with Crippen molar-refractivity contribution >= 4 is 11.6 Å². The van der Waals surface area contributed by atoms with Gasteiger partial charge in [0.05, 0.1) is 6.10 Å². The number of hydrogen-bond acceptors (Lipinski definition) is 2. The van der Waals surface area contributed by atoms with Gasteiger partial charge in [0.25, 0.3) is 0 Å². The third kappa shape index (κ3) is 4.29. The van der Waals surface area contributed by atoms with Crippen LogP contribution in [0.5, 0.6) is 0 Å². The summed E-state index contributed by atoms with van der Waals surface area (Å²) in [6.45, 7) is 9.04. The second kappa shape index (κ2) is 5.05. The van der Waals surface area contributed by atoms with Crippen LogP contribution in [0, 0.1) is 0 Å². The number of nitrogens with one attached hydrogen (secondary N) is 1. The smallest absolute Gasteiger partial charge is 0.0667 e. The minimum atomic E-state index is -0.0334. The molecule has 0 aliphatic rings. The normalized spacial score (nSPS) is 17.5. The molecule has 0 saturated carbocycles. The van der Waals surface area contributed by atoms with Gasteiger partial charge in [-0.2, -0.15) is 0 Å². The predicted octanol–water partition coefficient (Wildman–Crippen LogP) is 2.02. The number of rotatable bonds is 5. The first-order valence-electron chi connectivity index (χ1n) is 4.32. The van der Waals surface area contributed by atoms with Crippen LogP contribution in [0.2, 0.25) is 0 Å². The van der Waals surface area contributed by atoms with Gasteiger partial charge in [0.1, 0.15) is 0 Å². The summed E-state index contributed by atoms with van der Waals surface area (Å²) in [5.74, 6) is 0. The summed E-state index contributed by atoms with van der Waals surface area (Å²) in [5, 5.41) is 3.46. The molecule has 0 fully saturated rings. The largest absolute Gasteiger partial charge is 0.380 e. The van der Waals surface area contributed by atoms with E-state index in [1.54, 1.807) is 7.11 Å². The Kier molecular flexibility index (Phi) is 5.14. The number of halogens is 1. The minimum Gasteiger partial charge on any atom is -0.380 e. The van der Waals surface area contributed by atoms with Crippen molar-refractivity contribution in [1.29, 1.82) is 0 Å². The first-order chi connectivity index (χ1) is 5.40. The highest BCUT2D eigenvalue weighted by atomic mass is 35.5. The maximum Gasteiger partial charge on any atom is 0.0667 e. The fourth-order valence-electron chi connectivity index (χ4n) is 0.631. The Morgan fingerprint density at radius 2 is 1.92 bits per heavy atom. The summed E-state index contributed by atoms with van der Waals surface area (Å²) in [4.78, 5) is 0. The van der Waals surface area contributed by atoms with Crippen molar-refractivity contribution in [2.24, 2.45) is 0 Å². The molecule has 0 aromatic rings. The molecule has 0 aliphatic heterocycles. The third-order valence-electron chi connectivity index (χ3n) is 2.24. The van der Waals surface area contributed by atoms with Gasteiger partial charge in [0, 0.05) is 24.6 Å². The zero-order valence-electron chi connectivity index (χ0n) is 8.65. The van der Waals surface area contributed by atoms with Crippen molar-refractivity contribution in [1.82, 2.24) is 5.32 Å². The molecule has 0 saturated heterocycles. The van der Waals surface area contributed by atoms with E-state index >= 15 is 0 Å². The number of hydrogen-bond donors (Lipinski definition) is 1. The Hall–Kier alpha value is 0.210. The van der Waals surface area contributed by atoms with E-state index in [1.165, 1.54) is 0 Å². The highest BCUT2D eigenvalue weighted by Gasteiger charge is 2.23. The van der Waals surface area contributed by atoms with Gasteiger partial charge in [-0.25, -0.2) is 0 Å². The van der Waals surface area contributed by atoms with Gasteiger partial charge < -0.3 is 10.1 Å². The molecule has 0 aromatic heterocycles. The lowest BCUT2D eigenvalue weighted by Crippen LogP contribution is -2.48. The van der Waals surface area contributed by atoms with Crippen molar-refractivity contribution in [3.05, 3.63) is 0 Å². The average Bonchev–Trinajstić information content (AvgIpc) is 2.00. The minimum absolute atomic E-state index is 0.0334. The van der Waals surface area contributed by atoms with Crippen LogP contribution in [-0.2, 0) is 4.74 Å². The molecule has 12 heavy (non-hydrogen) atoms. The summed E-state index contributed by atoms with van der Waals surface area (Å²) in [6, 6.07) is 0. The molecule has 0 amide bonds. The van der Waals surface area contributed by atoms with Crippen molar-refractivity contribution in [2.45, 2.75) is 44.7 Å². The molecule has 0 bridgehead atoms. The summed E-state index contributed by atoms with van der Waals surface area (Å²) in [7, 11) is 1.71. The van der Waals surface area contributed by atoms with Crippen LogP contribution < -0.4 is 5.32 Å². The van der Waals surface area contributed by atoms with Crippen molar-refractivity contribution in [3.8, 4) is 0 Å². The van der Waals surface area contributed by atoms with Crippen molar-refractivity contribution < 1.29 is 4.74 Å². The molecule has 0 radical (unpaired) electrons. The lowest BCUT2D eigenvalue weighted by Gasteiger charge is -2.30. The summed E-state index contributed by atoms with van der Waals surface area (Å²) < 4.78 is 5.12. The molecule has 0 aromatic carbocycles. The molecule has 0 heterocycles. The third-order valence-corrected chi connectivity index (χ3v) is 2.79. The lowest BCUT2D eigenvalue weighted by molar-refractivity contribution is 0.109. The van der Waals surface area contributed by atoms with Crippen molar-refractivity contribution in [3.63, 3.8) is 0 Å². The molecule has 0 aliphatic carbocycles. The maximum atomic E-state index is 5.99. The molecule has 2 nitrogen and oxygen atoms in total. The second-order valence-electron chi connectivity index (χ2n) is 3.76. The van der Waals surface area contributed by atoms with Crippen LogP contribution in [0.15, 0.2) is 0 Å². The van der Waals surface area contributed by atoms with Crippen LogP contribution in [0.4, 0.5) is 0 Å². The number of alkyl halides is 1. The number of ether oxygens (including phenoxy) is 1. The molecule has 3 heteroatoms. The molecule has 1 N–H and O–H groups in total. The summed E-state index contributed by atoms with van der Waals surface area (Å²) >= 11 is 5.99. The number of methoxy groups -OCH3 is 1. The van der Waals surface area contributed by atoms with E-state index in [-0.39, 0.29) is 17.0 Å². The predicted molar refractivity (Wildman–Crippen MR) is 53.9 cm³/mol. The SMILES string of the molecule is COC(C)CNC(C)(C)C(C)Cl. The van der Waals surface area contributed by atoms with Crippen LogP contribution in [0.25, 0.3) is 0 Å². The zero-order valence-corrected chi connectivity index (χ0v) is 9.40. The van der Waals surface area contributed by atoms with E-state index in [0.717, 1.165) is 6.54 Å². The quantitative estimate of drug-likeness (QED) is 0.675. The van der Waals surface area contributed by atoms with Gasteiger partial charge in [-0.3, -0.25) is 0 Å². The van der Waals surface area contributed by atoms with E-state index in [9.17, 15) is 0 Å². The van der Waals surface area contributed by atoms with Gasteiger partial charge in [0.2, 0.25) is 0 Å². The first kappa shape index (κ1) is 12.2. The highest BCUT2D eigenvalue weighted by molar-refractivity contribution is 6.21. The van der Waals surface area contributed by atoms with E-state index in [0.29, 0.717) is 0 Å². The van der Waals surface area contributed by atoms with Crippen LogP contribution in [0.3, 0.4) is 0 Å². The Morgan fingerprint density at radius 1 is 1.42 bits per heavy atom. The summed E-state index contributed by atoms with van der Waals surface area (Å²) in [5.41, 5.74) is -0.0334. The topological polar surface area (TPSA) is 21.3 Å². The highest BCUT2D eigenvalue weighted by Crippen LogP contribution is 2.14. The molecule has 2 unspecified atom stereocenters. The molecule has 0 rings (SSSR count). The van der Waals surface area contributed by atoms with Gasteiger partial charge in [-0.05, 0) is 27.7 Å². The Labute approximate surface area is 80.6 Å². The Balaban J connectivity index is 3.75. The fraction of sp³-hybridized carbons (Fsp3) is 1.00. The lowest BCUT2D eigenvalue weighted by atomic mass is 10.0. The summed E-state index contributed by atoms with van der Waals surface area (Å²) in [6.07, 6.45) is 0.236. The van der Waals surface area contributed by atoms with Gasteiger partial charge in [0.15, 0.2) is 0 Å². The Bertz CT molecular complexity index is 126. The second-order valence-corrected chi connectivity index (χ2v) is 4.42. The fourth-order valence-corrected chi connectivity index (χ4v) is 0.708. The van der Waals surface area contributed by atoms with Crippen LogP contribution in [-0.4, -0.2) is 30.7 Å². The van der Waals surface area contributed by atoms with E-state index < -0.39 is 0 Å². The van der Waals surface area contributed by atoms with Gasteiger partial charge in [-0.1, -0.05) is 0 Å². The standard InChI is InChI=1S/C9H20ClNO/c1-7(12-5)6-11-9(3,4)8(2)10/h7-8,11H,6H2,1-5H3. The first-order valence-corrected chi connectivity index (χ1v) is 4.75. The van der Waals surface area contributed by atoms with E-state index in [2.05, 4.69) is 19.2 Å². The molecule has 74 valence electrons. The monoisotopic (exact) mass is 193 g/mol. The molecular formula is C9H20ClNO. The molecular weight excluding hydrogens is 174 g/mol. The average molecular weight is 194 g/mol. The van der Waals surface area contributed by atoms with Crippen LogP contribution in [0.1, 0.15) is 27.7 Å². The van der Waals surface area contributed by atoms with E-state index in [4.69, 9.17) is 16.3 Å². The van der Waals surface area contributed by atoms with E-state index in [1.807, 2.05) is 13.8 Å². The van der Waals surface area contributed by atoms with Gasteiger partial charge >= 0.3 is 0 Å². The van der Waals surface area contributed by atoms with Crippen molar-refractivity contribution in [2.75, 3.05) is 13.7 Å². The molecule has 0 spiro atoms.